The Morgan fingerprint density at radius 2 is 1.67 bits per heavy atom. The maximum atomic E-state index is 11.4. The molecule has 0 aliphatic heterocycles. The van der Waals surface area contributed by atoms with Crippen molar-refractivity contribution in [2.24, 2.45) is 0 Å². The predicted molar refractivity (Wildman–Crippen MR) is 54.7 cm³/mol. The second-order valence-electron chi connectivity index (χ2n) is 2.96. The third-order valence-electron chi connectivity index (χ3n) is 1.12. The molecular formula is C9H21F2P. The largest absolute Gasteiger partial charge is 0.248 e. The lowest BCUT2D eigenvalue weighted by Crippen LogP contribution is -1.75. The molecule has 0 fully saturated rings. The van der Waals surface area contributed by atoms with Crippen LogP contribution in [0.15, 0.2) is 0 Å². The Kier molecular flexibility index (Phi) is 17.1. The molecule has 0 N–H and O–H groups in total. The lowest BCUT2D eigenvalue weighted by molar-refractivity contribution is 0.391. The molecule has 0 saturated carbocycles. The Bertz CT molecular complexity index is 58.8. The van der Waals surface area contributed by atoms with Crippen molar-refractivity contribution in [3.63, 3.8) is 0 Å². The molecule has 0 aromatic carbocycles. The SMILES string of the molecule is CC(C)F.CCCCCCPF. The van der Waals surface area contributed by atoms with Gasteiger partial charge in [0.25, 0.3) is 0 Å². The number of hydrogen-bond donors (Lipinski definition) is 0. The summed E-state index contributed by atoms with van der Waals surface area (Å²) in [4.78, 5) is 0. The monoisotopic (exact) mass is 198 g/mol. The zero-order chi connectivity index (χ0) is 9.82. The van der Waals surface area contributed by atoms with E-state index < -0.39 is 6.17 Å². The van der Waals surface area contributed by atoms with Crippen molar-refractivity contribution in [3.8, 4) is 0 Å². The molecule has 0 amide bonds. The second kappa shape index (κ2) is 13.9. The van der Waals surface area contributed by atoms with Crippen molar-refractivity contribution in [1.82, 2.24) is 0 Å². The minimum Gasteiger partial charge on any atom is -0.248 e. The van der Waals surface area contributed by atoms with Gasteiger partial charge in [-0.3, -0.25) is 0 Å². The lowest BCUT2D eigenvalue weighted by atomic mass is 10.2. The molecule has 0 aliphatic carbocycles. The summed E-state index contributed by atoms with van der Waals surface area (Å²) in [7, 11) is -0.331. The molecule has 0 nitrogen and oxygen atoms in total. The van der Waals surface area contributed by atoms with E-state index in [1.165, 1.54) is 33.1 Å². The summed E-state index contributed by atoms with van der Waals surface area (Å²) in [6.45, 7) is 5.16. The minimum absolute atomic E-state index is 0.331. The van der Waals surface area contributed by atoms with Crippen LogP contribution in [-0.4, -0.2) is 12.3 Å². The Labute approximate surface area is 77.0 Å². The molecule has 0 heterocycles. The molecule has 1 unspecified atom stereocenters. The Hall–Kier alpha value is 0.290. The van der Waals surface area contributed by atoms with Crippen molar-refractivity contribution >= 4 is 8.89 Å². The molecule has 0 spiro atoms. The van der Waals surface area contributed by atoms with Crippen LogP contribution in [0, 0.1) is 0 Å². The van der Waals surface area contributed by atoms with Crippen LogP contribution in [0.4, 0.5) is 8.59 Å². The van der Waals surface area contributed by atoms with Crippen LogP contribution in [0.1, 0.15) is 46.5 Å². The van der Waals surface area contributed by atoms with Gasteiger partial charge in [-0.05, 0) is 26.4 Å². The van der Waals surface area contributed by atoms with Crippen LogP contribution in [0.25, 0.3) is 0 Å². The summed E-state index contributed by atoms with van der Waals surface area (Å²) in [5, 5.41) is 0. The van der Waals surface area contributed by atoms with E-state index in [1.807, 2.05) is 0 Å². The Balaban J connectivity index is 0. The summed E-state index contributed by atoms with van der Waals surface area (Å²) >= 11 is 0. The van der Waals surface area contributed by atoms with E-state index in [4.69, 9.17) is 0 Å². The highest BCUT2D eigenvalue weighted by Gasteiger charge is 1.85. The van der Waals surface area contributed by atoms with Gasteiger partial charge >= 0.3 is 0 Å². The number of alkyl halides is 1. The highest BCUT2D eigenvalue weighted by Crippen LogP contribution is 2.13. The van der Waals surface area contributed by atoms with Gasteiger partial charge in [0.2, 0.25) is 0 Å². The first-order chi connectivity index (χ1) is 5.65. The van der Waals surface area contributed by atoms with E-state index in [-0.39, 0.29) is 8.89 Å². The average molecular weight is 198 g/mol. The van der Waals surface area contributed by atoms with E-state index in [9.17, 15) is 8.59 Å². The molecule has 0 aromatic heterocycles. The molecule has 0 aliphatic rings. The highest BCUT2D eigenvalue weighted by atomic mass is 31.1. The Morgan fingerprint density at radius 1 is 1.17 bits per heavy atom. The number of unbranched alkanes of at least 4 members (excludes halogenated alkanes) is 3. The standard InChI is InChI=1S/C6H14FP.C3H7F/c1-2-3-4-5-6-8-7;1-3(2)4/h8H,2-6H2,1H3;3H,1-2H3. The van der Waals surface area contributed by atoms with Crippen LogP contribution in [-0.2, 0) is 0 Å². The maximum Gasteiger partial charge on any atom is 0.0945 e. The van der Waals surface area contributed by atoms with E-state index in [0.717, 1.165) is 12.6 Å². The molecule has 0 saturated heterocycles. The van der Waals surface area contributed by atoms with Crippen LogP contribution in [0.3, 0.4) is 0 Å². The summed E-state index contributed by atoms with van der Waals surface area (Å²) in [5.74, 6) is 0. The normalized spacial score (nSPS) is 10.5. The van der Waals surface area contributed by atoms with E-state index in [2.05, 4.69) is 6.92 Å². The first-order valence-electron chi connectivity index (χ1n) is 4.62. The van der Waals surface area contributed by atoms with Crippen LogP contribution >= 0.6 is 8.89 Å². The molecule has 1 atom stereocenters. The van der Waals surface area contributed by atoms with E-state index >= 15 is 0 Å². The molecule has 76 valence electrons. The average Bonchev–Trinajstić information content (AvgIpc) is 1.97. The summed E-state index contributed by atoms with van der Waals surface area (Å²) in [5.41, 5.74) is 0. The summed E-state index contributed by atoms with van der Waals surface area (Å²) in [6, 6.07) is 0. The van der Waals surface area contributed by atoms with Crippen molar-refractivity contribution in [1.29, 1.82) is 0 Å². The van der Waals surface area contributed by atoms with Crippen molar-refractivity contribution < 1.29 is 8.59 Å². The third kappa shape index (κ3) is 31.7. The van der Waals surface area contributed by atoms with Gasteiger partial charge in [-0.1, -0.05) is 26.2 Å². The molecule has 3 heteroatoms. The summed E-state index contributed by atoms with van der Waals surface area (Å²) in [6.07, 6.45) is 4.94. The Morgan fingerprint density at radius 3 is 2.00 bits per heavy atom. The van der Waals surface area contributed by atoms with Gasteiger partial charge < -0.3 is 0 Å². The zero-order valence-electron chi connectivity index (χ0n) is 8.37. The predicted octanol–water partition coefficient (Wildman–Crippen LogP) is 4.49. The molecule has 0 bridgehead atoms. The molecule has 0 aromatic rings. The molecule has 12 heavy (non-hydrogen) atoms. The van der Waals surface area contributed by atoms with Gasteiger partial charge in [-0.15, -0.1) is 0 Å². The van der Waals surface area contributed by atoms with Gasteiger partial charge in [0.05, 0.1) is 15.1 Å². The van der Waals surface area contributed by atoms with Gasteiger partial charge in [-0.25, -0.2) is 8.59 Å². The smallest absolute Gasteiger partial charge is 0.0945 e. The number of hydrogen-bond acceptors (Lipinski definition) is 0. The summed E-state index contributed by atoms with van der Waals surface area (Å²) < 4.78 is 22.4. The first-order valence-corrected chi connectivity index (χ1v) is 5.71. The van der Waals surface area contributed by atoms with Crippen molar-refractivity contribution in [2.45, 2.75) is 52.6 Å². The minimum atomic E-state index is -0.667. The second-order valence-corrected chi connectivity index (χ2v) is 3.73. The fourth-order valence-electron chi connectivity index (χ4n) is 0.619. The lowest BCUT2D eigenvalue weighted by Gasteiger charge is -1.92. The molecule has 0 radical (unpaired) electrons. The fraction of sp³-hybridized carbons (Fsp3) is 1.00. The molecular weight excluding hydrogens is 177 g/mol. The van der Waals surface area contributed by atoms with E-state index in [1.54, 1.807) is 0 Å². The van der Waals surface area contributed by atoms with Gasteiger partial charge in [0.15, 0.2) is 0 Å². The van der Waals surface area contributed by atoms with Crippen LogP contribution in [0.5, 0.6) is 0 Å². The van der Waals surface area contributed by atoms with Crippen LogP contribution < -0.4 is 0 Å². The van der Waals surface area contributed by atoms with Crippen molar-refractivity contribution in [3.05, 3.63) is 0 Å². The first kappa shape index (κ1) is 14.8. The molecule has 0 rings (SSSR count). The fourth-order valence-corrected chi connectivity index (χ4v) is 1.00. The van der Waals surface area contributed by atoms with Crippen molar-refractivity contribution in [2.75, 3.05) is 6.16 Å². The number of rotatable bonds is 5. The van der Waals surface area contributed by atoms with Crippen LogP contribution in [0.2, 0.25) is 0 Å². The van der Waals surface area contributed by atoms with Gasteiger partial charge in [0.1, 0.15) is 0 Å². The third-order valence-corrected chi connectivity index (χ3v) is 1.67. The quantitative estimate of drug-likeness (QED) is 0.451. The highest BCUT2D eigenvalue weighted by molar-refractivity contribution is 7.31. The maximum absolute atomic E-state index is 11.4. The van der Waals surface area contributed by atoms with Gasteiger partial charge in [-0.2, -0.15) is 0 Å². The zero-order valence-corrected chi connectivity index (χ0v) is 9.37. The number of halogens is 2. The topological polar surface area (TPSA) is 0 Å². The van der Waals surface area contributed by atoms with E-state index in [0.29, 0.717) is 0 Å². The van der Waals surface area contributed by atoms with Gasteiger partial charge in [0, 0.05) is 0 Å².